The van der Waals surface area contributed by atoms with Gasteiger partial charge in [0, 0.05) is 6.42 Å². The fraction of sp³-hybridized carbons (Fsp3) is 0.857. The third kappa shape index (κ3) is 9.02. The molecule has 0 unspecified atom stereocenters. The van der Waals surface area contributed by atoms with Crippen LogP contribution in [0.5, 0.6) is 0 Å². The highest BCUT2D eigenvalue weighted by Gasteiger charge is 2.23. The summed E-state index contributed by atoms with van der Waals surface area (Å²) in [7, 11) is 0. The van der Waals surface area contributed by atoms with Gasteiger partial charge in [-0.15, -0.1) is 0 Å². The van der Waals surface area contributed by atoms with E-state index in [-0.39, 0.29) is 18.7 Å². The Hall–Kier alpha value is -1.06. The van der Waals surface area contributed by atoms with Crippen molar-refractivity contribution in [1.82, 2.24) is 0 Å². The highest BCUT2D eigenvalue weighted by Crippen LogP contribution is 2.15. The molecule has 0 atom stereocenters. The summed E-state index contributed by atoms with van der Waals surface area (Å²) in [5.74, 6) is -0.661. The first-order chi connectivity index (χ1) is 8.38. The molecular weight excluding hydrogens is 232 g/mol. The summed E-state index contributed by atoms with van der Waals surface area (Å²) in [6.45, 7) is 7.14. The van der Waals surface area contributed by atoms with Gasteiger partial charge in [0.25, 0.3) is 0 Å². The quantitative estimate of drug-likeness (QED) is 0.380. The first kappa shape index (κ1) is 16.9. The molecule has 0 saturated carbocycles. The lowest BCUT2D eigenvalue weighted by Crippen LogP contribution is -2.24. The van der Waals surface area contributed by atoms with Crippen molar-refractivity contribution in [3.8, 4) is 0 Å². The lowest BCUT2D eigenvalue weighted by atomic mass is 9.98. The Morgan fingerprint density at radius 2 is 1.56 bits per heavy atom. The number of carbonyl (C=O) groups is 2. The van der Waals surface area contributed by atoms with Gasteiger partial charge in [-0.2, -0.15) is 0 Å². The van der Waals surface area contributed by atoms with E-state index in [9.17, 15) is 9.59 Å². The normalized spacial score (nSPS) is 11.1. The van der Waals surface area contributed by atoms with Gasteiger partial charge in [0.2, 0.25) is 6.79 Å². The van der Waals surface area contributed by atoms with Crippen LogP contribution in [0.3, 0.4) is 0 Å². The average molecular weight is 258 g/mol. The Bertz CT molecular complexity index is 253. The molecule has 0 aliphatic heterocycles. The smallest absolute Gasteiger partial charge is 0.314 e. The lowest BCUT2D eigenvalue weighted by molar-refractivity contribution is -0.173. The van der Waals surface area contributed by atoms with E-state index in [1.54, 1.807) is 20.8 Å². The minimum atomic E-state index is -0.563. The van der Waals surface area contributed by atoms with Gasteiger partial charge in [-0.1, -0.05) is 32.6 Å². The van der Waals surface area contributed by atoms with Gasteiger partial charge in [-0.25, -0.2) is 0 Å². The number of unbranched alkanes of at least 4 members (excludes halogenated alkanes) is 4. The van der Waals surface area contributed by atoms with Crippen molar-refractivity contribution in [3.05, 3.63) is 0 Å². The van der Waals surface area contributed by atoms with Crippen LogP contribution in [0.15, 0.2) is 0 Å². The molecule has 18 heavy (non-hydrogen) atoms. The van der Waals surface area contributed by atoms with Gasteiger partial charge >= 0.3 is 11.9 Å². The van der Waals surface area contributed by atoms with Gasteiger partial charge in [0.05, 0.1) is 5.41 Å². The molecule has 0 aromatic rings. The largest absolute Gasteiger partial charge is 0.428 e. The third-order valence-corrected chi connectivity index (χ3v) is 2.51. The first-order valence-corrected chi connectivity index (χ1v) is 6.70. The minimum Gasteiger partial charge on any atom is -0.428 e. The monoisotopic (exact) mass is 258 g/mol. The number of hydrogen-bond donors (Lipinski definition) is 0. The molecule has 0 aliphatic carbocycles. The van der Waals surface area contributed by atoms with E-state index in [0.29, 0.717) is 6.42 Å². The molecule has 0 bridgehead atoms. The summed E-state index contributed by atoms with van der Waals surface area (Å²) in [5, 5.41) is 0. The molecule has 0 spiro atoms. The lowest BCUT2D eigenvalue weighted by Gasteiger charge is -2.16. The maximum absolute atomic E-state index is 11.4. The van der Waals surface area contributed by atoms with Crippen LogP contribution >= 0.6 is 0 Å². The van der Waals surface area contributed by atoms with E-state index in [1.165, 1.54) is 12.8 Å². The first-order valence-electron chi connectivity index (χ1n) is 6.70. The summed E-state index contributed by atoms with van der Waals surface area (Å²) in [6.07, 6.45) is 5.84. The predicted molar refractivity (Wildman–Crippen MR) is 69.9 cm³/mol. The highest BCUT2D eigenvalue weighted by molar-refractivity contribution is 5.75. The molecule has 0 aromatic heterocycles. The van der Waals surface area contributed by atoms with Crippen LogP contribution in [0, 0.1) is 5.41 Å². The van der Waals surface area contributed by atoms with E-state index in [0.717, 1.165) is 19.3 Å². The molecule has 0 heterocycles. The molecular formula is C14H26O4. The maximum atomic E-state index is 11.4. The van der Waals surface area contributed by atoms with Crippen molar-refractivity contribution < 1.29 is 19.1 Å². The molecule has 0 aromatic carbocycles. The van der Waals surface area contributed by atoms with Crippen LogP contribution in [0.1, 0.15) is 66.2 Å². The van der Waals surface area contributed by atoms with Crippen molar-refractivity contribution >= 4 is 11.9 Å². The van der Waals surface area contributed by atoms with Crippen molar-refractivity contribution in [2.75, 3.05) is 6.79 Å². The predicted octanol–water partition coefficient (Wildman–Crippen LogP) is 3.44. The van der Waals surface area contributed by atoms with Gasteiger partial charge in [0.15, 0.2) is 0 Å². The Morgan fingerprint density at radius 1 is 0.944 bits per heavy atom. The molecule has 0 amide bonds. The summed E-state index contributed by atoms with van der Waals surface area (Å²) >= 11 is 0. The van der Waals surface area contributed by atoms with Crippen molar-refractivity contribution in [2.45, 2.75) is 66.2 Å². The van der Waals surface area contributed by atoms with Gasteiger partial charge in [-0.3, -0.25) is 9.59 Å². The summed E-state index contributed by atoms with van der Waals surface area (Å²) in [4.78, 5) is 22.7. The number of carbonyl (C=O) groups excluding carboxylic acids is 2. The van der Waals surface area contributed by atoms with Crippen LogP contribution in [0.4, 0.5) is 0 Å². The van der Waals surface area contributed by atoms with Crippen molar-refractivity contribution in [1.29, 1.82) is 0 Å². The molecule has 4 nitrogen and oxygen atoms in total. The Balaban J connectivity index is 3.51. The molecule has 4 heteroatoms. The summed E-state index contributed by atoms with van der Waals surface area (Å²) in [6, 6.07) is 0. The Morgan fingerprint density at radius 3 is 2.11 bits per heavy atom. The van der Waals surface area contributed by atoms with Crippen LogP contribution < -0.4 is 0 Å². The zero-order chi connectivity index (χ0) is 14.0. The number of rotatable bonds is 8. The molecule has 0 radical (unpaired) electrons. The Kier molecular flexibility index (Phi) is 8.42. The third-order valence-electron chi connectivity index (χ3n) is 2.51. The van der Waals surface area contributed by atoms with E-state index in [1.807, 2.05) is 0 Å². The minimum absolute atomic E-state index is 0.274. The number of hydrogen-bond acceptors (Lipinski definition) is 4. The van der Waals surface area contributed by atoms with Gasteiger partial charge in [-0.05, 0) is 27.2 Å². The van der Waals surface area contributed by atoms with E-state index >= 15 is 0 Å². The fourth-order valence-electron chi connectivity index (χ4n) is 1.31. The SMILES string of the molecule is CCCCCCCC(=O)OCOC(=O)C(C)(C)C. The summed E-state index contributed by atoms with van der Waals surface area (Å²) in [5.41, 5.74) is -0.563. The molecule has 0 N–H and O–H groups in total. The van der Waals surface area contributed by atoms with Crippen molar-refractivity contribution in [2.24, 2.45) is 5.41 Å². The van der Waals surface area contributed by atoms with Crippen LogP contribution in [0.25, 0.3) is 0 Å². The van der Waals surface area contributed by atoms with E-state index < -0.39 is 5.41 Å². The zero-order valence-electron chi connectivity index (χ0n) is 12.1. The van der Waals surface area contributed by atoms with Crippen LogP contribution in [0.2, 0.25) is 0 Å². The molecule has 0 aliphatic rings. The van der Waals surface area contributed by atoms with Crippen LogP contribution in [-0.2, 0) is 19.1 Å². The van der Waals surface area contributed by atoms with E-state index in [4.69, 9.17) is 9.47 Å². The molecule has 106 valence electrons. The van der Waals surface area contributed by atoms with Crippen molar-refractivity contribution in [3.63, 3.8) is 0 Å². The standard InChI is InChI=1S/C14H26O4/c1-5-6-7-8-9-10-12(15)17-11-18-13(16)14(2,3)4/h5-11H2,1-4H3. The fourth-order valence-corrected chi connectivity index (χ4v) is 1.31. The number of esters is 2. The van der Waals surface area contributed by atoms with Gasteiger partial charge < -0.3 is 9.47 Å². The topological polar surface area (TPSA) is 52.6 Å². The van der Waals surface area contributed by atoms with Gasteiger partial charge in [0.1, 0.15) is 0 Å². The zero-order valence-corrected chi connectivity index (χ0v) is 12.1. The maximum Gasteiger partial charge on any atom is 0.314 e. The van der Waals surface area contributed by atoms with E-state index in [2.05, 4.69) is 6.92 Å². The molecule has 0 saturated heterocycles. The highest BCUT2D eigenvalue weighted by atomic mass is 16.7. The molecule has 0 rings (SSSR count). The summed E-state index contributed by atoms with van der Waals surface area (Å²) < 4.78 is 9.67. The average Bonchev–Trinajstić information content (AvgIpc) is 2.27. The molecule has 0 fully saturated rings. The second-order valence-electron chi connectivity index (χ2n) is 5.48. The Labute approximate surface area is 110 Å². The second kappa shape index (κ2) is 8.95. The second-order valence-corrected chi connectivity index (χ2v) is 5.48. The number of ether oxygens (including phenoxy) is 2. The van der Waals surface area contributed by atoms with Crippen LogP contribution in [-0.4, -0.2) is 18.7 Å².